The second kappa shape index (κ2) is 12.9. The van der Waals surface area contributed by atoms with Crippen LogP contribution in [0.2, 0.25) is 0 Å². The molecule has 3 heteroatoms. The van der Waals surface area contributed by atoms with E-state index in [4.69, 9.17) is 14.4 Å². The largest absolute Gasteiger partial charge is 0.456 e. The topological polar surface area (TPSA) is 38.9 Å². The molecule has 0 amide bonds. The number of benzene rings is 8. The lowest BCUT2D eigenvalue weighted by molar-refractivity contribution is 0.669. The van der Waals surface area contributed by atoms with Crippen molar-refractivity contribution in [2.24, 2.45) is 0 Å². The number of furan rings is 1. The van der Waals surface area contributed by atoms with Gasteiger partial charge in [-0.1, -0.05) is 176 Å². The molecule has 3 nitrogen and oxygen atoms in total. The van der Waals surface area contributed by atoms with Gasteiger partial charge in [0.2, 0.25) is 0 Å². The highest BCUT2D eigenvalue weighted by atomic mass is 16.3. The summed E-state index contributed by atoms with van der Waals surface area (Å²) in [6.45, 7) is 0. The molecule has 0 bridgehead atoms. The quantitative estimate of drug-likeness (QED) is 0.172. The van der Waals surface area contributed by atoms with Crippen molar-refractivity contribution in [2.75, 3.05) is 0 Å². The third-order valence-corrected chi connectivity index (χ3v) is 11.4. The SMILES string of the molecule is c1ccc(-c2nc(-c3ccc(-c4ccc5oc6ccccc6c5c4)cc3)cc(-c3cccc(C4(c5ccccc5)c5ccccc5-c5ccccc54)c3)n2)cc1. The second-order valence-corrected chi connectivity index (χ2v) is 14.5. The molecule has 0 spiro atoms. The summed E-state index contributed by atoms with van der Waals surface area (Å²) in [4.78, 5) is 10.4. The fourth-order valence-electron chi connectivity index (χ4n) is 8.82. The molecule has 1 aliphatic rings. The monoisotopic (exact) mass is 714 g/mol. The summed E-state index contributed by atoms with van der Waals surface area (Å²) in [6.07, 6.45) is 0. The van der Waals surface area contributed by atoms with E-state index in [0.29, 0.717) is 5.82 Å². The molecule has 8 aromatic carbocycles. The van der Waals surface area contributed by atoms with Gasteiger partial charge in [0, 0.05) is 27.5 Å². The van der Waals surface area contributed by atoms with E-state index in [1.807, 2.05) is 30.3 Å². The Morgan fingerprint density at radius 3 is 1.64 bits per heavy atom. The van der Waals surface area contributed by atoms with Crippen LogP contribution in [0.5, 0.6) is 0 Å². The Morgan fingerprint density at radius 1 is 0.339 bits per heavy atom. The summed E-state index contributed by atoms with van der Waals surface area (Å²) in [5.74, 6) is 0.694. The summed E-state index contributed by atoms with van der Waals surface area (Å²) in [5.41, 5.74) is 15.9. The molecule has 11 rings (SSSR count). The van der Waals surface area contributed by atoms with E-state index in [-0.39, 0.29) is 0 Å². The molecule has 0 fully saturated rings. The zero-order chi connectivity index (χ0) is 37.1. The maximum atomic E-state index is 6.10. The molecule has 2 heterocycles. The smallest absolute Gasteiger partial charge is 0.160 e. The molecule has 1 aliphatic carbocycles. The van der Waals surface area contributed by atoms with Crippen LogP contribution < -0.4 is 0 Å². The van der Waals surface area contributed by atoms with Gasteiger partial charge in [-0.25, -0.2) is 9.97 Å². The molecular formula is C53H34N2O. The van der Waals surface area contributed by atoms with Crippen LogP contribution in [0.3, 0.4) is 0 Å². The predicted molar refractivity (Wildman–Crippen MR) is 228 cm³/mol. The van der Waals surface area contributed by atoms with E-state index >= 15 is 0 Å². The average Bonchev–Trinajstić information content (AvgIpc) is 3.81. The van der Waals surface area contributed by atoms with Crippen LogP contribution in [0.4, 0.5) is 0 Å². The Bertz CT molecular complexity index is 3030. The Labute approximate surface area is 325 Å². The standard InChI is InChI=1S/C53H34N2O/c1-3-14-37(15-4-1)52-54-48(36-28-26-35(27-29-36)38-30-31-51-45(33-38)44-22-9-12-25-50(44)56-51)34-49(55-52)39-16-13-19-41(32-39)53(40-17-5-2-6-18-40)46-23-10-7-20-42(46)43-21-8-11-24-47(43)53/h1-34H. The average molecular weight is 715 g/mol. The zero-order valence-electron chi connectivity index (χ0n) is 30.4. The van der Waals surface area contributed by atoms with Crippen LogP contribution in [0.25, 0.3) is 78.1 Å². The minimum Gasteiger partial charge on any atom is -0.456 e. The molecule has 0 saturated heterocycles. The van der Waals surface area contributed by atoms with Crippen LogP contribution in [-0.2, 0) is 5.41 Å². The fraction of sp³-hybridized carbons (Fsp3) is 0.0189. The van der Waals surface area contributed by atoms with Crippen molar-refractivity contribution < 1.29 is 4.42 Å². The molecule has 56 heavy (non-hydrogen) atoms. The molecule has 0 atom stereocenters. The molecule has 0 unspecified atom stereocenters. The molecule has 0 radical (unpaired) electrons. The second-order valence-electron chi connectivity index (χ2n) is 14.5. The third-order valence-electron chi connectivity index (χ3n) is 11.4. The van der Waals surface area contributed by atoms with Gasteiger partial charge >= 0.3 is 0 Å². The fourth-order valence-corrected chi connectivity index (χ4v) is 8.82. The van der Waals surface area contributed by atoms with E-state index in [1.165, 1.54) is 33.4 Å². The lowest BCUT2D eigenvalue weighted by Crippen LogP contribution is -2.28. The number of hydrogen-bond donors (Lipinski definition) is 0. The number of para-hydroxylation sites is 1. The zero-order valence-corrected chi connectivity index (χ0v) is 30.4. The highest BCUT2D eigenvalue weighted by Gasteiger charge is 2.45. The van der Waals surface area contributed by atoms with Crippen molar-refractivity contribution in [3.05, 3.63) is 229 Å². The van der Waals surface area contributed by atoms with Gasteiger partial charge in [-0.3, -0.25) is 0 Å². The number of rotatable bonds is 6. The highest BCUT2D eigenvalue weighted by molar-refractivity contribution is 6.06. The normalized spacial score (nSPS) is 12.8. The molecule has 0 aliphatic heterocycles. The molecule has 0 saturated carbocycles. The van der Waals surface area contributed by atoms with Crippen molar-refractivity contribution in [3.63, 3.8) is 0 Å². The summed E-state index contributed by atoms with van der Waals surface area (Å²) in [7, 11) is 0. The van der Waals surface area contributed by atoms with Gasteiger partial charge in [0.05, 0.1) is 16.8 Å². The molecule has 0 N–H and O–H groups in total. The van der Waals surface area contributed by atoms with E-state index in [9.17, 15) is 0 Å². The molecule has 2 aromatic heterocycles. The van der Waals surface area contributed by atoms with Crippen molar-refractivity contribution >= 4 is 21.9 Å². The summed E-state index contributed by atoms with van der Waals surface area (Å²) in [6, 6.07) is 73.4. The Morgan fingerprint density at radius 2 is 0.893 bits per heavy atom. The van der Waals surface area contributed by atoms with Gasteiger partial charge < -0.3 is 4.42 Å². The summed E-state index contributed by atoms with van der Waals surface area (Å²) < 4.78 is 6.10. The minimum atomic E-state index is -0.496. The lowest BCUT2D eigenvalue weighted by atomic mass is 9.67. The predicted octanol–water partition coefficient (Wildman–Crippen LogP) is 13.4. The Hall–Kier alpha value is -7.36. The van der Waals surface area contributed by atoms with Gasteiger partial charge in [0.15, 0.2) is 5.82 Å². The summed E-state index contributed by atoms with van der Waals surface area (Å²) in [5, 5.41) is 2.25. The van der Waals surface area contributed by atoms with Gasteiger partial charge in [-0.05, 0) is 74.8 Å². The van der Waals surface area contributed by atoms with Crippen molar-refractivity contribution in [1.29, 1.82) is 0 Å². The van der Waals surface area contributed by atoms with Crippen molar-refractivity contribution in [3.8, 4) is 56.2 Å². The first-order valence-corrected chi connectivity index (χ1v) is 19.1. The highest BCUT2D eigenvalue weighted by Crippen LogP contribution is 2.56. The van der Waals surface area contributed by atoms with Crippen molar-refractivity contribution in [2.45, 2.75) is 5.41 Å². The number of aromatic nitrogens is 2. The third kappa shape index (κ3) is 5.05. The number of hydrogen-bond acceptors (Lipinski definition) is 3. The molecule has 262 valence electrons. The first-order chi connectivity index (χ1) is 27.7. The lowest BCUT2D eigenvalue weighted by Gasteiger charge is -2.34. The Balaban J connectivity index is 1.05. The van der Waals surface area contributed by atoms with Crippen molar-refractivity contribution in [1.82, 2.24) is 9.97 Å². The van der Waals surface area contributed by atoms with E-state index in [0.717, 1.165) is 61.1 Å². The molecule has 10 aromatic rings. The van der Waals surface area contributed by atoms with Gasteiger partial charge in [-0.15, -0.1) is 0 Å². The van der Waals surface area contributed by atoms with E-state index in [2.05, 4.69) is 176 Å². The Kier molecular flexibility index (Phi) is 7.39. The van der Waals surface area contributed by atoms with Crippen LogP contribution in [-0.4, -0.2) is 9.97 Å². The first kappa shape index (κ1) is 32.1. The number of fused-ring (bicyclic) bond motifs is 6. The van der Waals surface area contributed by atoms with E-state index in [1.54, 1.807) is 0 Å². The van der Waals surface area contributed by atoms with E-state index < -0.39 is 5.41 Å². The number of nitrogens with zero attached hydrogens (tertiary/aromatic N) is 2. The van der Waals surface area contributed by atoms with Gasteiger partial charge in [0.1, 0.15) is 11.2 Å². The molecular weight excluding hydrogens is 681 g/mol. The van der Waals surface area contributed by atoms with Gasteiger partial charge in [0.25, 0.3) is 0 Å². The van der Waals surface area contributed by atoms with Gasteiger partial charge in [-0.2, -0.15) is 0 Å². The van der Waals surface area contributed by atoms with Crippen LogP contribution in [0.15, 0.2) is 211 Å². The maximum Gasteiger partial charge on any atom is 0.160 e. The first-order valence-electron chi connectivity index (χ1n) is 19.1. The van der Waals surface area contributed by atoms with Crippen LogP contribution >= 0.6 is 0 Å². The minimum absolute atomic E-state index is 0.496. The maximum absolute atomic E-state index is 6.10. The van der Waals surface area contributed by atoms with Crippen LogP contribution in [0.1, 0.15) is 22.3 Å². The summed E-state index contributed by atoms with van der Waals surface area (Å²) >= 11 is 0. The van der Waals surface area contributed by atoms with Crippen LogP contribution in [0, 0.1) is 0 Å².